The zero-order valence-electron chi connectivity index (χ0n) is 13.7. The molecule has 0 heterocycles. The van der Waals surface area contributed by atoms with Crippen molar-refractivity contribution in [1.82, 2.24) is 0 Å². The second-order valence-corrected chi connectivity index (χ2v) is 6.63. The van der Waals surface area contributed by atoms with Crippen molar-refractivity contribution in [3.8, 4) is 5.75 Å². The molecule has 2 aromatic rings. The van der Waals surface area contributed by atoms with E-state index in [2.05, 4.69) is 74.2 Å². The van der Waals surface area contributed by atoms with E-state index in [1.165, 1.54) is 16.8 Å². The molecule has 2 heteroatoms. The van der Waals surface area contributed by atoms with Gasteiger partial charge in [0.15, 0.2) is 0 Å². The molecule has 0 saturated heterocycles. The third kappa shape index (κ3) is 4.25. The van der Waals surface area contributed by atoms with Gasteiger partial charge in [-0.05, 0) is 40.8 Å². The molecular formula is C19H25NO. The van der Waals surface area contributed by atoms with Crippen LogP contribution in [-0.4, -0.2) is 14.1 Å². The molecule has 0 unspecified atom stereocenters. The van der Waals surface area contributed by atoms with Crippen molar-refractivity contribution in [2.24, 2.45) is 0 Å². The molecule has 0 amide bonds. The first-order chi connectivity index (χ1) is 9.86. The Morgan fingerprint density at radius 2 is 1.62 bits per heavy atom. The standard InChI is InChI=1S/C19H25NO/c1-19(2,3)16-9-11-18(12-10-16)21-14-15-7-6-8-17(13-15)20(4)5/h6-13H,14H2,1-5H3. The molecule has 0 spiro atoms. The van der Waals surface area contributed by atoms with Crippen LogP contribution in [0.25, 0.3) is 0 Å². The highest BCUT2D eigenvalue weighted by Crippen LogP contribution is 2.24. The summed E-state index contributed by atoms with van der Waals surface area (Å²) in [6.45, 7) is 7.25. The Bertz CT molecular complexity index is 579. The van der Waals surface area contributed by atoms with Crippen molar-refractivity contribution in [2.75, 3.05) is 19.0 Å². The molecule has 0 aromatic heterocycles. The fourth-order valence-corrected chi connectivity index (χ4v) is 2.14. The Kier molecular flexibility index (Phi) is 4.56. The van der Waals surface area contributed by atoms with Crippen molar-refractivity contribution in [3.63, 3.8) is 0 Å². The molecule has 2 aromatic carbocycles. The Hall–Kier alpha value is -1.96. The Labute approximate surface area is 128 Å². The van der Waals surface area contributed by atoms with Crippen LogP contribution in [0.5, 0.6) is 5.75 Å². The quantitative estimate of drug-likeness (QED) is 0.811. The van der Waals surface area contributed by atoms with E-state index in [0.29, 0.717) is 6.61 Å². The number of hydrogen-bond acceptors (Lipinski definition) is 2. The topological polar surface area (TPSA) is 12.5 Å². The maximum absolute atomic E-state index is 5.88. The maximum atomic E-state index is 5.88. The zero-order chi connectivity index (χ0) is 15.5. The molecule has 112 valence electrons. The van der Waals surface area contributed by atoms with Crippen molar-refractivity contribution in [2.45, 2.75) is 32.8 Å². The lowest BCUT2D eigenvalue weighted by Crippen LogP contribution is -2.10. The molecule has 0 aliphatic carbocycles. The minimum Gasteiger partial charge on any atom is -0.489 e. The van der Waals surface area contributed by atoms with Crippen molar-refractivity contribution in [1.29, 1.82) is 0 Å². The summed E-state index contributed by atoms with van der Waals surface area (Å²) in [6, 6.07) is 16.8. The van der Waals surface area contributed by atoms with Gasteiger partial charge in [0.25, 0.3) is 0 Å². The smallest absolute Gasteiger partial charge is 0.119 e. The molecule has 0 bridgehead atoms. The fraction of sp³-hybridized carbons (Fsp3) is 0.368. The van der Waals surface area contributed by atoms with Gasteiger partial charge in [0.05, 0.1) is 0 Å². The van der Waals surface area contributed by atoms with Gasteiger partial charge >= 0.3 is 0 Å². The number of rotatable bonds is 4. The molecule has 0 aliphatic heterocycles. The molecular weight excluding hydrogens is 258 g/mol. The van der Waals surface area contributed by atoms with Gasteiger partial charge in [-0.3, -0.25) is 0 Å². The van der Waals surface area contributed by atoms with Gasteiger partial charge in [-0.25, -0.2) is 0 Å². The summed E-state index contributed by atoms with van der Waals surface area (Å²) < 4.78 is 5.88. The fourth-order valence-electron chi connectivity index (χ4n) is 2.14. The van der Waals surface area contributed by atoms with Gasteiger partial charge < -0.3 is 9.64 Å². The summed E-state index contributed by atoms with van der Waals surface area (Å²) in [6.07, 6.45) is 0. The molecule has 2 rings (SSSR count). The van der Waals surface area contributed by atoms with Crippen molar-refractivity contribution in [3.05, 3.63) is 59.7 Å². The van der Waals surface area contributed by atoms with Gasteiger partial charge in [-0.15, -0.1) is 0 Å². The predicted octanol–water partition coefficient (Wildman–Crippen LogP) is 4.63. The van der Waals surface area contributed by atoms with Crippen LogP contribution in [0.15, 0.2) is 48.5 Å². The first-order valence-electron chi connectivity index (χ1n) is 7.36. The lowest BCUT2D eigenvalue weighted by molar-refractivity contribution is 0.306. The van der Waals surface area contributed by atoms with Gasteiger partial charge in [0, 0.05) is 19.8 Å². The molecule has 0 radical (unpaired) electrons. The van der Waals surface area contributed by atoms with Crippen LogP contribution in [0.3, 0.4) is 0 Å². The Morgan fingerprint density at radius 3 is 2.19 bits per heavy atom. The summed E-state index contributed by atoms with van der Waals surface area (Å²) in [4.78, 5) is 2.10. The summed E-state index contributed by atoms with van der Waals surface area (Å²) in [5.41, 5.74) is 3.88. The summed E-state index contributed by atoms with van der Waals surface area (Å²) in [5, 5.41) is 0. The maximum Gasteiger partial charge on any atom is 0.119 e. The lowest BCUT2D eigenvalue weighted by atomic mass is 9.87. The van der Waals surface area contributed by atoms with Crippen LogP contribution in [0.2, 0.25) is 0 Å². The lowest BCUT2D eigenvalue weighted by Gasteiger charge is -2.19. The number of hydrogen-bond donors (Lipinski definition) is 0. The molecule has 0 aliphatic rings. The van der Waals surface area contributed by atoms with Crippen LogP contribution < -0.4 is 9.64 Å². The van der Waals surface area contributed by atoms with Crippen LogP contribution in [0.1, 0.15) is 31.9 Å². The second kappa shape index (κ2) is 6.21. The summed E-state index contributed by atoms with van der Waals surface area (Å²) in [5.74, 6) is 0.915. The van der Waals surface area contributed by atoms with E-state index in [1.54, 1.807) is 0 Å². The third-order valence-electron chi connectivity index (χ3n) is 3.55. The minimum atomic E-state index is 0.179. The molecule has 0 saturated carbocycles. The molecule has 21 heavy (non-hydrogen) atoms. The zero-order valence-corrected chi connectivity index (χ0v) is 13.7. The van der Waals surface area contributed by atoms with Gasteiger partial charge in [-0.1, -0.05) is 45.0 Å². The van der Waals surface area contributed by atoms with Crippen LogP contribution in [0, 0.1) is 0 Å². The number of ether oxygens (including phenoxy) is 1. The minimum absolute atomic E-state index is 0.179. The van der Waals surface area contributed by atoms with Crippen LogP contribution in [-0.2, 0) is 12.0 Å². The van der Waals surface area contributed by atoms with E-state index in [-0.39, 0.29) is 5.41 Å². The monoisotopic (exact) mass is 283 g/mol. The normalized spacial score (nSPS) is 11.3. The van der Waals surface area contributed by atoms with E-state index < -0.39 is 0 Å². The average Bonchev–Trinajstić information content (AvgIpc) is 2.45. The van der Waals surface area contributed by atoms with Gasteiger partial charge in [-0.2, -0.15) is 0 Å². The summed E-state index contributed by atoms with van der Waals surface area (Å²) >= 11 is 0. The Morgan fingerprint density at radius 1 is 0.952 bits per heavy atom. The third-order valence-corrected chi connectivity index (χ3v) is 3.55. The van der Waals surface area contributed by atoms with Crippen LogP contribution >= 0.6 is 0 Å². The van der Waals surface area contributed by atoms with E-state index in [4.69, 9.17) is 4.74 Å². The summed E-state index contributed by atoms with van der Waals surface area (Å²) in [7, 11) is 4.09. The van der Waals surface area contributed by atoms with Gasteiger partial charge in [0.2, 0.25) is 0 Å². The first-order valence-corrected chi connectivity index (χ1v) is 7.36. The van der Waals surface area contributed by atoms with Crippen LogP contribution in [0.4, 0.5) is 5.69 Å². The molecule has 0 atom stereocenters. The van der Waals surface area contributed by atoms with E-state index in [1.807, 2.05) is 14.1 Å². The predicted molar refractivity (Wildman–Crippen MR) is 90.2 cm³/mol. The Balaban J connectivity index is 2.01. The average molecular weight is 283 g/mol. The van der Waals surface area contributed by atoms with E-state index in [9.17, 15) is 0 Å². The highest BCUT2D eigenvalue weighted by atomic mass is 16.5. The van der Waals surface area contributed by atoms with E-state index >= 15 is 0 Å². The highest BCUT2D eigenvalue weighted by Gasteiger charge is 2.12. The molecule has 2 nitrogen and oxygen atoms in total. The van der Waals surface area contributed by atoms with Crippen molar-refractivity contribution >= 4 is 5.69 Å². The number of anilines is 1. The largest absolute Gasteiger partial charge is 0.489 e. The first kappa shape index (κ1) is 15.4. The molecule has 0 fully saturated rings. The van der Waals surface area contributed by atoms with E-state index in [0.717, 1.165) is 5.75 Å². The second-order valence-electron chi connectivity index (χ2n) is 6.63. The number of benzene rings is 2. The molecule has 0 N–H and O–H groups in total. The number of nitrogens with zero attached hydrogens (tertiary/aromatic N) is 1. The van der Waals surface area contributed by atoms with Crippen molar-refractivity contribution < 1.29 is 4.74 Å². The highest BCUT2D eigenvalue weighted by molar-refractivity contribution is 5.47. The van der Waals surface area contributed by atoms with Gasteiger partial charge in [0.1, 0.15) is 12.4 Å². The SMILES string of the molecule is CN(C)c1cccc(COc2ccc(C(C)(C)C)cc2)c1.